The van der Waals surface area contributed by atoms with Gasteiger partial charge in [-0.05, 0) is 24.6 Å². The number of rotatable bonds is 6. The second kappa shape index (κ2) is 7.63. The van der Waals surface area contributed by atoms with Gasteiger partial charge < -0.3 is 14.6 Å². The number of hydrogen-bond acceptors (Lipinski definition) is 5. The molecule has 1 saturated heterocycles. The first-order valence-electron chi connectivity index (χ1n) is 6.69. The lowest BCUT2D eigenvalue weighted by atomic mass is 10.2. The van der Waals surface area contributed by atoms with Crippen LogP contribution in [0.15, 0.2) is 12.1 Å². The summed E-state index contributed by atoms with van der Waals surface area (Å²) in [6.45, 7) is 2.40. The molecule has 1 fully saturated rings. The number of carbonyl (C=O) groups is 1. The molecule has 1 heterocycles. The van der Waals surface area contributed by atoms with Crippen molar-refractivity contribution in [1.82, 2.24) is 5.32 Å². The minimum atomic E-state index is -0.861. The second-order valence-corrected chi connectivity index (χ2v) is 6.07. The summed E-state index contributed by atoms with van der Waals surface area (Å²) in [6.07, 6.45) is 5.20. The third kappa shape index (κ3) is 3.80. The summed E-state index contributed by atoms with van der Waals surface area (Å²) in [5.41, 5.74) is 0.843. The Kier molecular flexibility index (Phi) is 5.83. The van der Waals surface area contributed by atoms with Gasteiger partial charge in [-0.2, -0.15) is 0 Å². The topological polar surface area (TPSA) is 67.8 Å². The fraction of sp³-hybridized carbons (Fsp3) is 0.400. The van der Waals surface area contributed by atoms with E-state index in [0.717, 1.165) is 5.56 Å². The standard InChI is InChI=1S/C15H16ClNO4S/c1-3-5-21-13-10(16)6-9(7-12(13)20-4-2)14-17-11(8-22-14)15(18)19/h1,6-7,11,14,17H,4-5,8H2,2H3,(H,18,19)/t11-,14+/m0/s1. The summed E-state index contributed by atoms with van der Waals surface area (Å²) in [6, 6.07) is 2.97. The maximum Gasteiger partial charge on any atom is 0.321 e. The van der Waals surface area contributed by atoms with Crippen molar-refractivity contribution in [2.75, 3.05) is 19.0 Å². The van der Waals surface area contributed by atoms with Gasteiger partial charge in [-0.1, -0.05) is 17.5 Å². The molecule has 0 aliphatic carbocycles. The van der Waals surface area contributed by atoms with E-state index in [-0.39, 0.29) is 12.0 Å². The van der Waals surface area contributed by atoms with Crippen LogP contribution in [0.25, 0.3) is 0 Å². The molecule has 1 aromatic carbocycles. The Morgan fingerprint density at radius 2 is 2.36 bits per heavy atom. The van der Waals surface area contributed by atoms with Crippen molar-refractivity contribution in [3.05, 3.63) is 22.7 Å². The SMILES string of the molecule is C#CCOc1c(Cl)cc([C@@H]2N[C@H](C(=O)O)CS2)cc1OCC. The van der Waals surface area contributed by atoms with Gasteiger partial charge in [-0.3, -0.25) is 10.1 Å². The Hall–Kier alpha value is -1.55. The number of thioether (sulfide) groups is 1. The van der Waals surface area contributed by atoms with Crippen molar-refractivity contribution < 1.29 is 19.4 Å². The number of hydrogen-bond donors (Lipinski definition) is 2. The van der Waals surface area contributed by atoms with Crippen molar-refractivity contribution in [2.24, 2.45) is 0 Å². The van der Waals surface area contributed by atoms with Gasteiger partial charge in [0, 0.05) is 5.75 Å². The zero-order valence-corrected chi connectivity index (χ0v) is 13.5. The molecule has 7 heteroatoms. The third-order valence-electron chi connectivity index (χ3n) is 3.01. The molecule has 2 atom stereocenters. The fourth-order valence-electron chi connectivity index (χ4n) is 2.06. The van der Waals surface area contributed by atoms with Crippen molar-refractivity contribution in [1.29, 1.82) is 0 Å². The van der Waals surface area contributed by atoms with Crippen LogP contribution in [0.4, 0.5) is 0 Å². The molecular formula is C15H16ClNO4S. The van der Waals surface area contributed by atoms with Crippen LogP contribution in [-0.4, -0.2) is 36.1 Å². The minimum absolute atomic E-state index is 0.0939. The van der Waals surface area contributed by atoms with Gasteiger partial charge in [-0.25, -0.2) is 0 Å². The predicted molar refractivity (Wildman–Crippen MR) is 86.7 cm³/mol. The van der Waals surface area contributed by atoms with E-state index in [9.17, 15) is 4.79 Å². The number of halogens is 1. The van der Waals surface area contributed by atoms with Crippen LogP contribution >= 0.6 is 23.4 Å². The smallest absolute Gasteiger partial charge is 0.321 e. The van der Waals surface area contributed by atoms with E-state index in [1.807, 2.05) is 6.92 Å². The van der Waals surface area contributed by atoms with Crippen LogP contribution in [0.2, 0.25) is 5.02 Å². The molecule has 1 aliphatic heterocycles. The summed E-state index contributed by atoms with van der Waals surface area (Å²) >= 11 is 7.77. The number of carboxylic acid groups (broad SMARTS) is 1. The molecule has 2 N–H and O–H groups in total. The lowest BCUT2D eigenvalue weighted by Gasteiger charge is -2.17. The molecule has 2 rings (SSSR count). The Morgan fingerprint density at radius 3 is 2.95 bits per heavy atom. The maximum absolute atomic E-state index is 11.0. The highest BCUT2D eigenvalue weighted by Gasteiger charge is 2.31. The van der Waals surface area contributed by atoms with Gasteiger partial charge in [0.05, 0.1) is 17.0 Å². The van der Waals surface area contributed by atoms with Crippen LogP contribution in [0.3, 0.4) is 0 Å². The Balaban J connectivity index is 2.26. The molecule has 1 aliphatic rings. The number of benzene rings is 1. The summed E-state index contributed by atoms with van der Waals surface area (Å²) in [7, 11) is 0. The highest BCUT2D eigenvalue weighted by molar-refractivity contribution is 7.99. The van der Waals surface area contributed by atoms with Gasteiger partial charge in [0.1, 0.15) is 12.6 Å². The predicted octanol–water partition coefficient (Wildman–Crippen LogP) is 2.54. The van der Waals surface area contributed by atoms with E-state index in [1.165, 1.54) is 11.8 Å². The van der Waals surface area contributed by atoms with Gasteiger partial charge in [0.2, 0.25) is 0 Å². The number of terminal acetylenes is 1. The van der Waals surface area contributed by atoms with E-state index in [0.29, 0.717) is 28.9 Å². The largest absolute Gasteiger partial charge is 0.490 e. The van der Waals surface area contributed by atoms with E-state index < -0.39 is 12.0 Å². The number of aliphatic carboxylic acids is 1. The molecule has 0 radical (unpaired) electrons. The summed E-state index contributed by atoms with van der Waals surface area (Å²) < 4.78 is 11.0. The number of nitrogens with one attached hydrogen (secondary N) is 1. The molecule has 1 aromatic rings. The Morgan fingerprint density at radius 1 is 1.59 bits per heavy atom. The quantitative estimate of drug-likeness (QED) is 0.775. The molecule has 5 nitrogen and oxygen atoms in total. The van der Waals surface area contributed by atoms with Crippen molar-refractivity contribution in [3.63, 3.8) is 0 Å². The van der Waals surface area contributed by atoms with Crippen LogP contribution in [0.5, 0.6) is 11.5 Å². The molecule has 0 unspecified atom stereocenters. The summed E-state index contributed by atoms with van der Waals surface area (Å²) in [4.78, 5) is 11.0. The Bertz CT molecular complexity index is 602. The fourth-order valence-corrected chi connectivity index (χ4v) is 3.55. The molecule has 0 spiro atoms. The van der Waals surface area contributed by atoms with Crippen LogP contribution in [0, 0.1) is 12.3 Å². The molecule has 118 valence electrons. The monoisotopic (exact) mass is 341 g/mol. The van der Waals surface area contributed by atoms with Gasteiger partial charge in [0.25, 0.3) is 0 Å². The second-order valence-electron chi connectivity index (χ2n) is 4.53. The highest BCUT2D eigenvalue weighted by Crippen LogP contribution is 2.42. The maximum atomic E-state index is 11.0. The minimum Gasteiger partial charge on any atom is -0.490 e. The number of carboxylic acids is 1. The van der Waals surface area contributed by atoms with Gasteiger partial charge in [0.15, 0.2) is 11.5 Å². The average molecular weight is 342 g/mol. The van der Waals surface area contributed by atoms with Gasteiger partial charge in [-0.15, -0.1) is 18.2 Å². The van der Waals surface area contributed by atoms with Crippen LogP contribution < -0.4 is 14.8 Å². The zero-order chi connectivity index (χ0) is 16.1. The molecule has 22 heavy (non-hydrogen) atoms. The first kappa shape index (κ1) is 16.8. The lowest BCUT2D eigenvalue weighted by Crippen LogP contribution is -2.33. The highest BCUT2D eigenvalue weighted by atomic mass is 35.5. The first-order chi connectivity index (χ1) is 10.6. The summed E-state index contributed by atoms with van der Waals surface area (Å²) in [5.74, 6) is 2.93. The molecule has 0 aromatic heterocycles. The molecule has 0 bridgehead atoms. The molecule has 0 amide bonds. The zero-order valence-electron chi connectivity index (χ0n) is 12.0. The average Bonchev–Trinajstić information content (AvgIpc) is 2.96. The normalized spacial score (nSPS) is 20.4. The van der Waals surface area contributed by atoms with Gasteiger partial charge >= 0.3 is 5.97 Å². The van der Waals surface area contributed by atoms with Crippen molar-refractivity contribution >= 4 is 29.3 Å². The lowest BCUT2D eigenvalue weighted by molar-refractivity contribution is -0.138. The van der Waals surface area contributed by atoms with Crippen molar-refractivity contribution in [3.8, 4) is 23.8 Å². The first-order valence-corrected chi connectivity index (χ1v) is 8.12. The van der Waals surface area contributed by atoms with E-state index in [2.05, 4.69) is 11.2 Å². The van der Waals surface area contributed by atoms with Crippen LogP contribution in [0.1, 0.15) is 17.9 Å². The van der Waals surface area contributed by atoms with Crippen LogP contribution in [-0.2, 0) is 4.79 Å². The molecule has 0 saturated carbocycles. The third-order valence-corrected chi connectivity index (χ3v) is 4.56. The van der Waals surface area contributed by atoms with E-state index in [1.54, 1.807) is 12.1 Å². The van der Waals surface area contributed by atoms with E-state index in [4.69, 9.17) is 32.6 Å². The molecular weight excluding hydrogens is 326 g/mol. The number of ether oxygens (including phenoxy) is 2. The Labute approximate surface area is 138 Å². The van der Waals surface area contributed by atoms with E-state index >= 15 is 0 Å². The van der Waals surface area contributed by atoms with Crippen molar-refractivity contribution in [2.45, 2.75) is 18.3 Å². The summed E-state index contributed by atoms with van der Waals surface area (Å²) in [5, 5.41) is 12.3.